The highest BCUT2D eigenvalue weighted by Crippen LogP contribution is 2.34. The number of carbonyl (C=O) groups excluding carboxylic acids is 2. The molecule has 4 aromatic rings. The van der Waals surface area contributed by atoms with Crippen LogP contribution in [0, 0.1) is 6.92 Å². The number of carbonyl (C=O) groups is 2. The van der Waals surface area contributed by atoms with Crippen LogP contribution in [-0.2, 0) is 17.5 Å². The number of nitrogens with zero attached hydrogens (tertiary/aromatic N) is 3. The summed E-state index contributed by atoms with van der Waals surface area (Å²) >= 11 is 0. The van der Waals surface area contributed by atoms with Crippen molar-refractivity contribution in [2.45, 2.75) is 59.0 Å². The molecule has 0 spiro atoms. The van der Waals surface area contributed by atoms with Crippen molar-refractivity contribution < 1.29 is 27.5 Å². The first-order valence-electron chi connectivity index (χ1n) is 13.5. The van der Waals surface area contributed by atoms with Crippen LogP contribution in [0.5, 0.6) is 0 Å². The summed E-state index contributed by atoms with van der Waals surface area (Å²) in [5, 5.41) is 5.54. The molecule has 11 heteroatoms. The Morgan fingerprint density at radius 3 is 2.19 bits per heavy atom. The number of alkyl halides is 3. The van der Waals surface area contributed by atoms with Crippen molar-refractivity contribution >= 4 is 12.0 Å². The molecule has 0 radical (unpaired) electrons. The molecule has 0 saturated carbocycles. The Kier molecular flexibility index (Phi) is 9.13. The Morgan fingerprint density at radius 1 is 0.884 bits per heavy atom. The quantitative estimate of drug-likeness (QED) is 0.239. The Morgan fingerprint density at radius 2 is 1.56 bits per heavy atom. The van der Waals surface area contributed by atoms with E-state index >= 15 is 0 Å². The predicted octanol–water partition coefficient (Wildman–Crippen LogP) is 7.05. The topological polar surface area (TPSA) is 106 Å². The number of rotatable bonds is 7. The van der Waals surface area contributed by atoms with Crippen LogP contribution < -0.4 is 10.6 Å². The van der Waals surface area contributed by atoms with Gasteiger partial charge < -0.3 is 15.4 Å². The minimum atomic E-state index is -4.54. The summed E-state index contributed by atoms with van der Waals surface area (Å²) in [6.45, 7) is 8.71. The van der Waals surface area contributed by atoms with Gasteiger partial charge in [0.15, 0.2) is 0 Å². The van der Waals surface area contributed by atoms with Crippen molar-refractivity contribution in [2.24, 2.45) is 0 Å². The molecule has 8 nitrogen and oxygen atoms in total. The number of pyridine rings is 1. The van der Waals surface area contributed by atoms with Crippen LogP contribution in [0.25, 0.3) is 22.3 Å². The molecule has 2 N–H and O–H groups in total. The largest absolute Gasteiger partial charge is 0.444 e. The van der Waals surface area contributed by atoms with Gasteiger partial charge >= 0.3 is 12.3 Å². The SMILES string of the molecule is Cc1ncc(-c2cncc(C(=O)N[C@H](C)c3ccc(-c4cc(C(F)(F)F)ccc4CNC(=O)OC(C)(C)C)cc3)c2)cn1. The number of aromatic nitrogens is 3. The van der Waals surface area contributed by atoms with Gasteiger partial charge in [-0.3, -0.25) is 9.78 Å². The maximum atomic E-state index is 13.5. The van der Waals surface area contributed by atoms with Crippen molar-refractivity contribution in [1.29, 1.82) is 0 Å². The molecule has 4 rings (SSSR count). The summed E-state index contributed by atoms with van der Waals surface area (Å²) in [6, 6.07) is 11.5. The molecule has 43 heavy (non-hydrogen) atoms. The van der Waals surface area contributed by atoms with E-state index in [1.54, 1.807) is 83.5 Å². The van der Waals surface area contributed by atoms with Gasteiger partial charge in [0.2, 0.25) is 0 Å². The lowest BCUT2D eigenvalue weighted by Crippen LogP contribution is -2.32. The van der Waals surface area contributed by atoms with Crippen molar-refractivity contribution in [3.63, 3.8) is 0 Å². The minimum absolute atomic E-state index is 0.0294. The van der Waals surface area contributed by atoms with Crippen molar-refractivity contribution in [3.05, 3.63) is 101 Å². The van der Waals surface area contributed by atoms with E-state index in [-0.39, 0.29) is 12.5 Å². The number of nitrogens with one attached hydrogen (secondary N) is 2. The van der Waals surface area contributed by atoms with Crippen molar-refractivity contribution in [2.75, 3.05) is 0 Å². The summed E-state index contributed by atoms with van der Waals surface area (Å²) in [5.74, 6) is 0.291. The van der Waals surface area contributed by atoms with E-state index in [0.29, 0.717) is 33.6 Å². The molecule has 0 aliphatic carbocycles. The number of alkyl carbamates (subject to hydrolysis) is 1. The Balaban J connectivity index is 1.51. The fraction of sp³-hybridized carbons (Fsp3) is 0.281. The van der Waals surface area contributed by atoms with Crippen LogP contribution in [0.15, 0.2) is 73.3 Å². The lowest BCUT2D eigenvalue weighted by Gasteiger charge is -2.20. The van der Waals surface area contributed by atoms with Crippen LogP contribution >= 0.6 is 0 Å². The maximum absolute atomic E-state index is 13.5. The summed E-state index contributed by atoms with van der Waals surface area (Å²) < 4.78 is 45.9. The third-order valence-corrected chi connectivity index (χ3v) is 6.44. The molecular weight excluding hydrogens is 559 g/mol. The predicted molar refractivity (Wildman–Crippen MR) is 156 cm³/mol. The average Bonchev–Trinajstić information content (AvgIpc) is 2.95. The highest BCUT2D eigenvalue weighted by atomic mass is 19.4. The van der Waals surface area contributed by atoms with Gasteiger partial charge in [-0.15, -0.1) is 0 Å². The van der Waals surface area contributed by atoms with Gasteiger partial charge in [0.05, 0.1) is 17.2 Å². The van der Waals surface area contributed by atoms with Gasteiger partial charge in [0.1, 0.15) is 11.4 Å². The standard InChI is InChI=1S/C32H32F3N5O3/c1-19(40-29(41)25-12-24(14-36-15-25)26-17-37-20(2)38-18-26)21-6-8-22(9-7-21)28-13-27(32(33,34)35)11-10-23(28)16-39-30(42)43-31(3,4)5/h6-15,17-19H,16H2,1-5H3,(H,39,42)(H,40,41)/t19-/m1/s1. The molecule has 0 aliphatic rings. The number of hydrogen-bond donors (Lipinski definition) is 2. The zero-order valence-electron chi connectivity index (χ0n) is 24.4. The molecule has 2 heterocycles. The Labute approximate surface area is 247 Å². The minimum Gasteiger partial charge on any atom is -0.444 e. The Hall–Kier alpha value is -4.80. The number of benzene rings is 2. The molecule has 0 bridgehead atoms. The smallest absolute Gasteiger partial charge is 0.416 e. The van der Waals surface area contributed by atoms with E-state index in [1.807, 2.05) is 0 Å². The van der Waals surface area contributed by atoms with E-state index < -0.39 is 29.5 Å². The summed E-state index contributed by atoms with van der Waals surface area (Å²) in [6.07, 6.45) is 1.19. The summed E-state index contributed by atoms with van der Waals surface area (Å²) in [4.78, 5) is 37.7. The molecule has 0 saturated heterocycles. The lowest BCUT2D eigenvalue weighted by atomic mass is 9.95. The number of ether oxygens (including phenoxy) is 1. The molecule has 2 amide bonds. The van der Waals surface area contributed by atoms with Gasteiger partial charge in [0, 0.05) is 42.5 Å². The molecule has 0 aliphatic heterocycles. The lowest BCUT2D eigenvalue weighted by molar-refractivity contribution is -0.137. The fourth-order valence-electron chi connectivity index (χ4n) is 4.24. The van der Waals surface area contributed by atoms with E-state index in [2.05, 4.69) is 25.6 Å². The molecule has 2 aromatic heterocycles. The highest BCUT2D eigenvalue weighted by molar-refractivity contribution is 5.95. The van der Waals surface area contributed by atoms with Crippen LogP contribution in [0.3, 0.4) is 0 Å². The van der Waals surface area contributed by atoms with Crippen LogP contribution in [0.1, 0.15) is 66.6 Å². The first-order valence-corrected chi connectivity index (χ1v) is 13.5. The average molecular weight is 592 g/mol. The first-order chi connectivity index (χ1) is 20.2. The zero-order valence-corrected chi connectivity index (χ0v) is 24.4. The summed E-state index contributed by atoms with van der Waals surface area (Å²) in [5.41, 5.74) is 2.32. The molecule has 1 atom stereocenters. The Bertz CT molecular complexity index is 1600. The zero-order chi connectivity index (χ0) is 31.4. The van der Waals surface area contributed by atoms with E-state index in [9.17, 15) is 22.8 Å². The molecule has 0 fully saturated rings. The first kappa shape index (κ1) is 31.1. The van der Waals surface area contributed by atoms with Gasteiger partial charge in [-0.05, 0) is 75.1 Å². The van der Waals surface area contributed by atoms with E-state index in [0.717, 1.165) is 23.3 Å². The monoisotopic (exact) mass is 591 g/mol. The fourth-order valence-corrected chi connectivity index (χ4v) is 4.24. The second kappa shape index (κ2) is 12.6. The van der Waals surface area contributed by atoms with Crippen LogP contribution in [-0.4, -0.2) is 32.6 Å². The number of hydrogen-bond acceptors (Lipinski definition) is 6. The normalized spacial score (nSPS) is 12.4. The van der Waals surface area contributed by atoms with Crippen LogP contribution in [0.2, 0.25) is 0 Å². The number of aryl methyl sites for hydroxylation is 1. The number of halogens is 3. The van der Waals surface area contributed by atoms with Crippen molar-refractivity contribution in [1.82, 2.24) is 25.6 Å². The van der Waals surface area contributed by atoms with Crippen molar-refractivity contribution in [3.8, 4) is 22.3 Å². The van der Waals surface area contributed by atoms with E-state index in [1.165, 1.54) is 12.3 Å². The third kappa shape index (κ3) is 8.37. The number of amides is 2. The molecule has 0 unspecified atom stereocenters. The molecule has 224 valence electrons. The van der Waals surface area contributed by atoms with Crippen LogP contribution in [0.4, 0.5) is 18.0 Å². The molecule has 2 aromatic carbocycles. The second-order valence-corrected chi connectivity index (χ2v) is 11.0. The highest BCUT2D eigenvalue weighted by Gasteiger charge is 2.31. The summed E-state index contributed by atoms with van der Waals surface area (Å²) in [7, 11) is 0. The second-order valence-electron chi connectivity index (χ2n) is 11.0. The van der Waals surface area contributed by atoms with Gasteiger partial charge in [-0.2, -0.15) is 13.2 Å². The van der Waals surface area contributed by atoms with Gasteiger partial charge in [-0.25, -0.2) is 14.8 Å². The third-order valence-electron chi connectivity index (χ3n) is 6.44. The molecular formula is C32H32F3N5O3. The van der Waals surface area contributed by atoms with Gasteiger partial charge in [-0.1, -0.05) is 30.3 Å². The van der Waals surface area contributed by atoms with Gasteiger partial charge in [0.25, 0.3) is 5.91 Å². The van der Waals surface area contributed by atoms with E-state index in [4.69, 9.17) is 4.74 Å². The maximum Gasteiger partial charge on any atom is 0.416 e.